The van der Waals surface area contributed by atoms with Crippen molar-refractivity contribution in [1.82, 2.24) is 0 Å². The molecule has 0 saturated carbocycles. The van der Waals surface area contributed by atoms with Gasteiger partial charge in [0.1, 0.15) is 5.75 Å². The quantitative estimate of drug-likeness (QED) is 0.584. The van der Waals surface area contributed by atoms with E-state index in [1.54, 1.807) is 0 Å². The number of guanidine groups is 1. The van der Waals surface area contributed by atoms with Crippen LogP contribution in [0, 0.1) is 5.92 Å². The zero-order valence-corrected chi connectivity index (χ0v) is 9.81. The fourth-order valence-corrected chi connectivity index (χ4v) is 1.21. The number of rotatable bonds is 5. The van der Waals surface area contributed by atoms with Gasteiger partial charge in [0.2, 0.25) is 0 Å². The van der Waals surface area contributed by atoms with Crippen molar-refractivity contribution in [2.45, 2.75) is 20.4 Å². The fourth-order valence-electron chi connectivity index (χ4n) is 1.21. The summed E-state index contributed by atoms with van der Waals surface area (Å²) >= 11 is 0. The van der Waals surface area contributed by atoms with Crippen molar-refractivity contribution >= 4 is 5.96 Å². The van der Waals surface area contributed by atoms with Crippen molar-refractivity contribution in [3.63, 3.8) is 0 Å². The summed E-state index contributed by atoms with van der Waals surface area (Å²) in [5.74, 6) is 1.44. The molecule has 1 aromatic carbocycles. The molecular formula is C12H19N3O. The molecule has 0 spiro atoms. The van der Waals surface area contributed by atoms with E-state index in [0.717, 1.165) is 11.3 Å². The summed E-state index contributed by atoms with van der Waals surface area (Å²) in [5.41, 5.74) is 11.6. The number of nitrogens with two attached hydrogens (primary N) is 2. The summed E-state index contributed by atoms with van der Waals surface area (Å²) in [7, 11) is 0. The molecule has 16 heavy (non-hydrogen) atoms. The zero-order valence-electron chi connectivity index (χ0n) is 9.81. The van der Waals surface area contributed by atoms with Gasteiger partial charge < -0.3 is 16.2 Å². The van der Waals surface area contributed by atoms with Crippen LogP contribution in [0.15, 0.2) is 29.3 Å². The average Bonchev–Trinajstić information content (AvgIpc) is 2.24. The van der Waals surface area contributed by atoms with Crippen LogP contribution < -0.4 is 16.2 Å². The zero-order chi connectivity index (χ0) is 12.0. The fraction of sp³-hybridized carbons (Fsp3) is 0.417. The molecule has 0 aliphatic heterocycles. The van der Waals surface area contributed by atoms with Gasteiger partial charge in [-0.25, -0.2) is 4.99 Å². The van der Waals surface area contributed by atoms with Crippen LogP contribution in [0.3, 0.4) is 0 Å². The minimum Gasteiger partial charge on any atom is -0.493 e. The standard InChI is InChI=1S/C12H19N3O/c1-9(2)8-16-11-6-4-3-5-10(11)7-15-12(13)14/h3-6,9H,7-8H2,1-2H3,(H4,13,14,15). The van der Waals surface area contributed by atoms with E-state index in [2.05, 4.69) is 18.8 Å². The maximum absolute atomic E-state index is 5.68. The van der Waals surface area contributed by atoms with Crippen molar-refractivity contribution in [2.24, 2.45) is 22.4 Å². The van der Waals surface area contributed by atoms with Crippen molar-refractivity contribution in [2.75, 3.05) is 6.61 Å². The molecule has 1 aromatic rings. The minimum absolute atomic E-state index is 0.0960. The molecule has 0 fully saturated rings. The number of benzene rings is 1. The number of nitrogens with zero attached hydrogens (tertiary/aromatic N) is 1. The Labute approximate surface area is 96.3 Å². The molecule has 1 rings (SSSR count). The highest BCUT2D eigenvalue weighted by molar-refractivity contribution is 5.75. The third-order valence-electron chi connectivity index (χ3n) is 1.98. The number of para-hydroxylation sites is 1. The second-order valence-electron chi connectivity index (χ2n) is 4.05. The number of hydrogen-bond donors (Lipinski definition) is 2. The van der Waals surface area contributed by atoms with Gasteiger partial charge in [-0.05, 0) is 12.0 Å². The second kappa shape index (κ2) is 6.00. The van der Waals surface area contributed by atoms with Crippen molar-refractivity contribution in [1.29, 1.82) is 0 Å². The maximum atomic E-state index is 5.68. The molecule has 4 N–H and O–H groups in total. The predicted octanol–water partition coefficient (Wildman–Crippen LogP) is 1.49. The molecule has 0 radical (unpaired) electrons. The van der Waals surface area contributed by atoms with E-state index >= 15 is 0 Å². The summed E-state index contributed by atoms with van der Waals surface area (Å²) in [6, 6.07) is 7.77. The van der Waals surface area contributed by atoms with Gasteiger partial charge in [-0.1, -0.05) is 32.0 Å². The van der Waals surface area contributed by atoms with Crippen molar-refractivity contribution < 1.29 is 4.74 Å². The van der Waals surface area contributed by atoms with E-state index in [4.69, 9.17) is 16.2 Å². The van der Waals surface area contributed by atoms with Gasteiger partial charge in [0, 0.05) is 5.56 Å². The molecule has 0 amide bonds. The Morgan fingerprint density at radius 1 is 1.31 bits per heavy atom. The van der Waals surface area contributed by atoms with Crippen LogP contribution >= 0.6 is 0 Å². The Bertz CT molecular complexity index is 357. The lowest BCUT2D eigenvalue weighted by Crippen LogP contribution is -2.22. The highest BCUT2D eigenvalue weighted by Crippen LogP contribution is 2.19. The van der Waals surface area contributed by atoms with Gasteiger partial charge in [-0.2, -0.15) is 0 Å². The summed E-state index contributed by atoms with van der Waals surface area (Å²) in [6.45, 7) is 5.37. The molecule has 0 unspecified atom stereocenters. The van der Waals surface area contributed by atoms with Gasteiger partial charge in [-0.15, -0.1) is 0 Å². The highest BCUT2D eigenvalue weighted by atomic mass is 16.5. The van der Waals surface area contributed by atoms with Gasteiger partial charge >= 0.3 is 0 Å². The second-order valence-corrected chi connectivity index (χ2v) is 4.05. The van der Waals surface area contributed by atoms with Gasteiger partial charge in [0.15, 0.2) is 5.96 Å². The van der Waals surface area contributed by atoms with Crippen LogP contribution in [0.2, 0.25) is 0 Å². The molecule has 0 aromatic heterocycles. The molecule has 0 aliphatic rings. The molecule has 0 heterocycles. The van der Waals surface area contributed by atoms with E-state index < -0.39 is 0 Å². The van der Waals surface area contributed by atoms with E-state index in [1.165, 1.54) is 0 Å². The molecule has 0 aliphatic carbocycles. The SMILES string of the molecule is CC(C)COc1ccccc1CN=C(N)N. The van der Waals surface area contributed by atoms with Gasteiger partial charge in [-0.3, -0.25) is 0 Å². The van der Waals surface area contributed by atoms with Gasteiger partial charge in [0.05, 0.1) is 13.2 Å². The summed E-state index contributed by atoms with van der Waals surface area (Å²) in [5, 5.41) is 0. The van der Waals surface area contributed by atoms with Gasteiger partial charge in [0.25, 0.3) is 0 Å². The van der Waals surface area contributed by atoms with Crippen LogP contribution in [-0.4, -0.2) is 12.6 Å². The minimum atomic E-state index is 0.0960. The first-order valence-electron chi connectivity index (χ1n) is 5.35. The molecule has 4 heteroatoms. The molecule has 4 nitrogen and oxygen atoms in total. The molecule has 88 valence electrons. The van der Waals surface area contributed by atoms with E-state index in [9.17, 15) is 0 Å². The molecular weight excluding hydrogens is 202 g/mol. The van der Waals surface area contributed by atoms with Crippen LogP contribution in [0.1, 0.15) is 19.4 Å². The Morgan fingerprint density at radius 2 is 2.00 bits per heavy atom. The maximum Gasteiger partial charge on any atom is 0.186 e. The van der Waals surface area contributed by atoms with E-state index in [0.29, 0.717) is 19.1 Å². The first kappa shape index (κ1) is 12.4. The first-order valence-corrected chi connectivity index (χ1v) is 5.35. The largest absolute Gasteiger partial charge is 0.493 e. The monoisotopic (exact) mass is 221 g/mol. The number of hydrogen-bond acceptors (Lipinski definition) is 2. The van der Waals surface area contributed by atoms with Crippen LogP contribution in [-0.2, 0) is 6.54 Å². The third-order valence-corrected chi connectivity index (χ3v) is 1.98. The number of ether oxygens (including phenoxy) is 1. The Kier molecular flexibility index (Phi) is 4.64. The normalized spacial score (nSPS) is 10.2. The van der Waals surface area contributed by atoms with Crippen LogP contribution in [0.5, 0.6) is 5.75 Å². The smallest absolute Gasteiger partial charge is 0.186 e. The lowest BCUT2D eigenvalue weighted by Gasteiger charge is -2.11. The third kappa shape index (κ3) is 4.21. The predicted molar refractivity (Wildman–Crippen MR) is 66.3 cm³/mol. The van der Waals surface area contributed by atoms with E-state index in [-0.39, 0.29) is 5.96 Å². The lowest BCUT2D eigenvalue weighted by molar-refractivity contribution is 0.268. The first-order chi connectivity index (χ1) is 7.59. The Morgan fingerprint density at radius 3 is 2.62 bits per heavy atom. The lowest BCUT2D eigenvalue weighted by atomic mass is 10.2. The topological polar surface area (TPSA) is 73.6 Å². The highest BCUT2D eigenvalue weighted by Gasteiger charge is 2.03. The Hall–Kier alpha value is -1.71. The van der Waals surface area contributed by atoms with Crippen molar-refractivity contribution in [3.05, 3.63) is 29.8 Å². The molecule has 0 bridgehead atoms. The summed E-state index contributed by atoms with van der Waals surface area (Å²) in [6.07, 6.45) is 0. The molecule has 0 atom stereocenters. The Balaban J connectivity index is 2.71. The van der Waals surface area contributed by atoms with Crippen molar-refractivity contribution in [3.8, 4) is 5.75 Å². The van der Waals surface area contributed by atoms with Crippen LogP contribution in [0.4, 0.5) is 0 Å². The number of aliphatic imine (C=N–C) groups is 1. The average molecular weight is 221 g/mol. The molecule has 0 saturated heterocycles. The summed E-state index contributed by atoms with van der Waals surface area (Å²) < 4.78 is 5.68. The summed E-state index contributed by atoms with van der Waals surface area (Å²) in [4.78, 5) is 3.97. The van der Waals surface area contributed by atoms with Crippen LogP contribution in [0.25, 0.3) is 0 Å². The van der Waals surface area contributed by atoms with E-state index in [1.807, 2.05) is 24.3 Å².